The lowest BCUT2D eigenvalue weighted by Gasteiger charge is -2.55. The summed E-state index contributed by atoms with van der Waals surface area (Å²) in [5.74, 6) is 1.85. The first kappa shape index (κ1) is 15.2. The normalized spacial score (nSPS) is 24.0. The van der Waals surface area contributed by atoms with Gasteiger partial charge in [0.1, 0.15) is 17.6 Å². The predicted molar refractivity (Wildman–Crippen MR) is 82.5 cm³/mol. The van der Waals surface area contributed by atoms with E-state index in [1.54, 1.807) is 0 Å². The molecule has 0 heterocycles. The molecule has 0 radical (unpaired) electrons. The van der Waals surface area contributed by atoms with E-state index in [2.05, 4.69) is 26.2 Å². The fourth-order valence-electron chi connectivity index (χ4n) is 3.46. The Hall–Kier alpha value is -1.22. The van der Waals surface area contributed by atoms with Crippen LogP contribution in [0.2, 0.25) is 0 Å². The van der Waals surface area contributed by atoms with Gasteiger partial charge in [-0.2, -0.15) is 0 Å². The maximum Gasteiger partial charge on any atom is 0.120 e. The molecule has 1 aliphatic carbocycles. The zero-order valence-electron chi connectivity index (χ0n) is 13.1. The van der Waals surface area contributed by atoms with E-state index in [-0.39, 0.29) is 5.41 Å². The molecular formula is C17H27NO2. The van der Waals surface area contributed by atoms with Crippen molar-refractivity contribution in [1.29, 1.82) is 0 Å². The second kappa shape index (κ2) is 6.49. The minimum absolute atomic E-state index is 0.271. The van der Waals surface area contributed by atoms with Crippen LogP contribution in [0.3, 0.4) is 0 Å². The van der Waals surface area contributed by atoms with Crippen molar-refractivity contribution < 1.29 is 9.47 Å². The number of hydrogen-bond donors (Lipinski definition) is 1. The van der Waals surface area contributed by atoms with E-state index < -0.39 is 0 Å². The standard InChI is InChI=1S/C17H27NO2/c1-5-17(6-2)15(18-4)12-16(17)20-14-10-8-13(9-11-14)19-7-3/h8-11,15-16,18H,5-7,12H2,1-4H3. The van der Waals surface area contributed by atoms with Crippen LogP contribution in [0.4, 0.5) is 0 Å². The van der Waals surface area contributed by atoms with Gasteiger partial charge in [0, 0.05) is 17.9 Å². The molecule has 0 bridgehead atoms. The first-order chi connectivity index (χ1) is 9.70. The topological polar surface area (TPSA) is 30.5 Å². The molecule has 2 atom stereocenters. The highest BCUT2D eigenvalue weighted by Crippen LogP contribution is 2.48. The summed E-state index contributed by atoms with van der Waals surface area (Å²) in [7, 11) is 2.05. The monoisotopic (exact) mass is 277 g/mol. The van der Waals surface area contributed by atoms with Crippen LogP contribution >= 0.6 is 0 Å². The summed E-state index contributed by atoms with van der Waals surface area (Å²) < 4.78 is 11.7. The van der Waals surface area contributed by atoms with Crippen molar-refractivity contribution in [3.63, 3.8) is 0 Å². The molecule has 1 aromatic rings. The maximum atomic E-state index is 6.22. The Labute approximate surface area is 122 Å². The molecule has 1 N–H and O–H groups in total. The van der Waals surface area contributed by atoms with Gasteiger partial charge in [0.2, 0.25) is 0 Å². The van der Waals surface area contributed by atoms with Crippen molar-refractivity contribution in [3.05, 3.63) is 24.3 Å². The Bertz CT molecular complexity index is 412. The number of nitrogens with one attached hydrogen (secondary N) is 1. The van der Waals surface area contributed by atoms with Gasteiger partial charge in [-0.15, -0.1) is 0 Å². The van der Waals surface area contributed by atoms with E-state index in [0.717, 1.165) is 30.8 Å². The summed E-state index contributed by atoms with van der Waals surface area (Å²) in [6.45, 7) is 7.22. The molecule has 1 aliphatic rings. The summed E-state index contributed by atoms with van der Waals surface area (Å²) >= 11 is 0. The SMILES string of the molecule is CCOc1ccc(OC2CC(NC)C2(CC)CC)cc1. The highest BCUT2D eigenvalue weighted by atomic mass is 16.5. The minimum atomic E-state index is 0.271. The lowest BCUT2D eigenvalue weighted by atomic mass is 9.58. The third-order valence-electron chi connectivity index (χ3n) is 4.86. The molecule has 1 aromatic carbocycles. The highest BCUT2D eigenvalue weighted by molar-refractivity contribution is 5.32. The van der Waals surface area contributed by atoms with Crippen LogP contribution in [0.25, 0.3) is 0 Å². The van der Waals surface area contributed by atoms with Gasteiger partial charge >= 0.3 is 0 Å². The Kier molecular flexibility index (Phi) is 4.92. The molecule has 0 amide bonds. The first-order valence-electron chi connectivity index (χ1n) is 7.76. The maximum absolute atomic E-state index is 6.22. The smallest absolute Gasteiger partial charge is 0.120 e. The van der Waals surface area contributed by atoms with Gasteiger partial charge in [0.25, 0.3) is 0 Å². The van der Waals surface area contributed by atoms with Gasteiger partial charge in [-0.3, -0.25) is 0 Å². The van der Waals surface area contributed by atoms with E-state index in [0.29, 0.717) is 18.8 Å². The minimum Gasteiger partial charge on any atom is -0.494 e. The van der Waals surface area contributed by atoms with Crippen molar-refractivity contribution in [1.82, 2.24) is 5.32 Å². The van der Waals surface area contributed by atoms with Crippen LogP contribution in [-0.4, -0.2) is 25.8 Å². The third-order valence-corrected chi connectivity index (χ3v) is 4.86. The molecule has 0 aromatic heterocycles. The summed E-state index contributed by atoms with van der Waals surface area (Å²) in [4.78, 5) is 0. The predicted octanol–water partition coefficient (Wildman–Crippen LogP) is 3.63. The molecule has 1 fully saturated rings. The molecule has 2 unspecified atom stereocenters. The summed E-state index contributed by atoms with van der Waals surface area (Å²) in [6.07, 6.45) is 3.70. The Balaban J connectivity index is 2.02. The van der Waals surface area contributed by atoms with Crippen LogP contribution in [0, 0.1) is 5.41 Å². The van der Waals surface area contributed by atoms with Gasteiger partial charge in [-0.1, -0.05) is 13.8 Å². The van der Waals surface area contributed by atoms with E-state index in [4.69, 9.17) is 9.47 Å². The van der Waals surface area contributed by atoms with E-state index in [9.17, 15) is 0 Å². The average molecular weight is 277 g/mol. The van der Waals surface area contributed by atoms with Crippen molar-refractivity contribution in [3.8, 4) is 11.5 Å². The van der Waals surface area contributed by atoms with Gasteiger partial charge in [0.05, 0.1) is 6.61 Å². The van der Waals surface area contributed by atoms with Gasteiger partial charge in [0.15, 0.2) is 0 Å². The second-order valence-electron chi connectivity index (χ2n) is 5.53. The van der Waals surface area contributed by atoms with Crippen molar-refractivity contribution in [2.75, 3.05) is 13.7 Å². The molecule has 1 saturated carbocycles. The molecular weight excluding hydrogens is 250 g/mol. The van der Waals surface area contributed by atoms with Crippen LogP contribution < -0.4 is 14.8 Å². The van der Waals surface area contributed by atoms with Gasteiger partial charge < -0.3 is 14.8 Å². The van der Waals surface area contributed by atoms with Crippen LogP contribution in [0.15, 0.2) is 24.3 Å². The molecule has 0 aliphatic heterocycles. The molecule has 0 spiro atoms. The lowest BCUT2D eigenvalue weighted by molar-refractivity contribution is -0.0835. The Morgan fingerprint density at radius 2 is 1.70 bits per heavy atom. The second-order valence-corrected chi connectivity index (χ2v) is 5.53. The van der Waals surface area contributed by atoms with Gasteiger partial charge in [-0.25, -0.2) is 0 Å². The van der Waals surface area contributed by atoms with E-state index in [1.165, 1.54) is 0 Å². The molecule has 20 heavy (non-hydrogen) atoms. The molecule has 3 nitrogen and oxygen atoms in total. The Morgan fingerprint density at radius 1 is 1.10 bits per heavy atom. The number of hydrogen-bond acceptors (Lipinski definition) is 3. The zero-order chi connectivity index (χ0) is 14.6. The molecule has 3 heteroatoms. The van der Waals surface area contributed by atoms with Crippen LogP contribution in [-0.2, 0) is 0 Å². The Morgan fingerprint density at radius 3 is 2.20 bits per heavy atom. The van der Waals surface area contributed by atoms with Crippen LogP contribution in [0.1, 0.15) is 40.0 Å². The molecule has 112 valence electrons. The first-order valence-corrected chi connectivity index (χ1v) is 7.76. The van der Waals surface area contributed by atoms with Crippen LogP contribution in [0.5, 0.6) is 11.5 Å². The average Bonchev–Trinajstić information content (AvgIpc) is 2.46. The molecule has 2 rings (SSSR count). The zero-order valence-corrected chi connectivity index (χ0v) is 13.1. The summed E-state index contributed by atoms with van der Waals surface area (Å²) in [5.41, 5.74) is 0.271. The summed E-state index contributed by atoms with van der Waals surface area (Å²) in [5, 5.41) is 3.44. The number of ether oxygens (including phenoxy) is 2. The quantitative estimate of drug-likeness (QED) is 0.825. The van der Waals surface area contributed by atoms with Gasteiger partial charge in [-0.05, 0) is 51.1 Å². The molecule has 0 saturated heterocycles. The third kappa shape index (κ3) is 2.64. The number of benzene rings is 1. The lowest BCUT2D eigenvalue weighted by Crippen LogP contribution is -2.63. The van der Waals surface area contributed by atoms with Crippen molar-refractivity contribution in [2.45, 2.75) is 52.2 Å². The summed E-state index contributed by atoms with van der Waals surface area (Å²) in [6, 6.07) is 8.55. The van der Waals surface area contributed by atoms with E-state index >= 15 is 0 Å². The number of rotatable bonds is 7. The van der Waals surface area contributed by atoms with E-state index in [1.807, 2.05) is 31.2 Å². The fraction of sp³-hybridized carbons (Fsp3) is 0.647. The largest absolute Gasteiger partial charge is 0.494 e. The van der Waals surface area contributed by atoms with Crippen molar-refractivity contribution >= 4 is 0 Å². The van der Waals surface area contributed by atoms with Crippen molar-refractivity contribution in [2.24, 2.45) is 5.41 Å². The fourth-order valence-corrected chi connectivity index (χ4v) is 3.46. The highest BCUT2D eigenvalue weighted by Gasteiger charge is 2.53.